The largest absolute Gasteiger partial charge is 0.496 e. The van der Waals surface area contributed by atoms with Crippen LogP contribution in [0, 0.1) is 6.92 Å². The summed E-state index contributed by atoms with van der Waals surface area (Å²) >= 11 is 0. The van der Waals surface area contributed by atoms with Gasteiger partial charge in [0.15, 0.2) is 11.5 Å². The highest BCUT2D eigenvalue weighted by Crippen LogP contribution is 2.26. The Morgan fingerprint density at radius 1 is 1.53 bits per heavy atom. The van der Waals surface area contributed by atoms with E-state index in [1.807, 2.05) is 25.1 Å². The highest BCUT2D eigenvalue weighted by Gasteiger charge is 2.08. The molecule has 0 saturated heterocycles. The molecule has 0 unspecified atom stereocenters. The van der Waals surface area contributed by atoms with E-state index in [4.69, 9.17) is 9.15 Å². The quantitative estimate of drug-likeness (QED) is 0.719. The van der Waals surface area contributed by atoms with Gasteiger partial charge in [-0.3, -0.25) is 0 Å². The molecule has 0 aliphatic carbocycles. The average molecular weight is 203 g/mol. The zero-order valence-corrected chi connectivity index (χ0v) is 8.91. The van der Waals surface area contributed by atoms with Crippen molar-refractivity contribution in [3.8, 4) is 5.75 Å². The van der Waals surface area contributed by atoms with Crippen molar-refractivity contribution in [2.45, 2.75) is 13.3 Å². The Labute approximate surface area is 88.4 Å². The number of benzene rings is 1. The van der Waals surface area contributed by atoms with Gasteiger partial charge in [-0.1, -0.05) is 6.08 Å². The molecule has 0 saturated carbocycles. The van der Waals surface area contributed by atoms with Crippen LogP contribution in [0.5, 0.6) is 5.75 Å². The minimum Gasteiger partial charge on any atom is -0.496 e. The monoisotopic (exact) mass is 203 g/mol. The number of rotatable bonds is 3. The second-order valence-electron chi connectivity index (χ2n) is 3.36. The Hall–Kier alpha value is -1.77. The predicted octanol–water partition coefficient (Wildman–Crippen LogP) is 2.87. The molecule has 0 aliphatic rings. The van der Waals surface area contributed by atoms with Crippen LogP contribution in [-0.2, 0) is 6.42 Å². The van der Waals surface area contributed by atoms with E-state index in [-0.39, 0.29) is 0 Å². The number of aryl methyl sites for hydroxylation is 1. The molecule has 15 heavy (non-hydrogen) atoms. The van der Waals surface area contributed by atoms with Gasteiger partial charge < -0.3 is 9.15 Å². The Balaban J connectivity index is 2.62. The van der Waals surface area contributed by atoms with E-state index in [1.54, 1.807) is 7.11 Å². The fourth-order valence-corrected chi connectivity index (χ4v) is 1.62. The lowest BCUT2D eigenvalue weighted by atomic mass is 10.1. The van der Waals surface area contributed by atoms with Gasteiger partial charge in [-0.2, -0.15) is 0 Å². The third-order valence-corrected chi connectivity index (χ3v) is 2.26. The van der Waals surface area contributed by atoms with Gasteiger partial charge in [-0.05, 0) is 12.5 Å². The standard InChI is InChI=1S/C12H13NO2/c1-4-5-9-6-10-12(7-11(9)14-3)15-8(2)13-10/h4,6-7H,1,5H2,2-3H3. The van der Waals surface area contributed by atoms with Gasteiger partial charge in [0, 0.05) is 18.6 Å². The number of hydrogen-bond acceptors (Lipinski definition) is 3. The normalized spacial score (nSPS) is 10.5. The molecule has 0 amide bonds. The summed E-state index contributed by atoms with van der Waals surface area (Å²) in [4.78, 5) is 4.27. The first-order valence-corrected chi connectivity index (χ1v) is 4.79. The lowest BCUT2D eigenvalue weighted by Gasteiger charge is -2.05. The predicted molar refractivity (Wildman–Crippen MR) is 59.2 cm³/mol. The van der Waals surface area contributed by atoms with Crippen molar-refractivity contribution in [2.24, 2.45) is 0 Å². The van der Waals surface area contributed by atoms with E-state index >= 15 is 0 Å². The van der Waals surface area contributed by atoms with Crippen LogP contribution in [-0.4, -0.2) is 12.1 Å². The second-order valence-corrected chi connectivity index (χ2v) is 3.36. The molecule has 0 aliphatic heterocycles. The molecule has 0 N–H and O–H groups in total. The third-order valence-electron chi connectivity index (χ3n) is 2.26. The molecule has 3 heteroatoms. The molecule has 0 fully saturated rings. The van der Waals surface area contributed by atoms with Crippen molar-refractivity contribution in [1.82, 2.24) is 4.98 Å². The Kier molecular flexibility index (Phi) is 2.46. The summed E-state index contributed by atoms with van der Waals surface area (Å²) in [5.74, 6) is 1.49. The summed E-state index contributed by atoms with van der Waals surface area (Å²) in [7, 11) is 1.65. The Bertz CT molecular complexity index is 500. The smallest absolute Gasteiger partial charge is 0.192 e. The van der Waals surface area contributed by atoms with Crippen molar-refractivity contribution >= 4 is 11.1 Å². The minimum absolute atomic E-state index is 0.669. The van der Waals surface area contributed by atoms with E-state index in [0.717, 1.165) is 28.8 Å². The first-order valence-electron chi connectivity index (χ1n) is 4.79. The molecule has 0 bridgehead atoms. The molecule has 0 radical (unpaired) electrons. The van der Waals surface area contributed by atoms with E-state index in [0.29, 0.717) is 5.89 Å². The highest BCUT2D eigenvalue weighted by molar-refractivity contribution is 5.76. The number of allylic oxidation sites excluding steroid dienone is 1. The summed E-state index contributed by atoms with van der Waals surface area (Å²) in [5, 5.41) is 0. The maximum absolute atomic E-state index is 5.43. The Morgan fingerprint density at radius 2 is 2.33 bits per heavy atom. The number of oxazole rings is 1. The number of hydrogen-bond donors (Lipinski definition) is 0. The van der Waals surface area contributed by atoms with Crippen LogP contribution in [0.15, 0.2) is 29.2 Å². The molecule has 1 aromatic heterocycles. The van der Waals surface area contributed by atoms with Gasteiger partial charge >= 0.3 is 0 Å². The summed E-state index contributed by atoms with van der Waals surface area (Å²) in [6.45, 7) is 5.55. The zero-order chi connectivity index (χ0) is 10.8. The number of ether oxygens (including phenoxy) is 1. The van der Waals surface area contributed by atoms with E-state index in [9.17, 15) is 0 Å². The lowest BCUT2D eigenvalue weighted by molar-refractivity contribution is 0.410. The molecule has 2 rings (SSSR count). The summed E-state index contributed by atoms with van der Waals surface area (Å²) in [5.41, 5.74) is 2.70. The van der Waals surface area contributed by atoms with Gasteiger partial charge in [0.25, 0.3) is 0 Å². The maximum Gasteiger partial charge on any atom is 0.192 e. The Morgan fingerprint density at radius 3 is 3.00 bits per heavy atom. The molecule has 1 heterocycles. The van der Waals surface area contributed by atoms with E-state index in [1.165, 1.54) is 0 Å². The maximum atomic E-state index is 5.43. The van der Waals surface area contributed by atoms with Gasteiger partial charge in [0.2, 0.25) is 0 Å². The van der Waals surface area contributed by atoms with Crippen LogP contribution in [0.4, 0.5) is 0 Å². The first kappa shape index (κ1) is 9.77. The van der Waals surface area contributed by atoms with Crippen molar-refractivity contribution in [3.63, 3.8) is 0 Å². The van der Waals surface area contributed by atoms with Gasteiger partial charge in [0.05, 0.1) is 7.11 Å². The van der Waals surface area contributed by atoms with Gasteiger partial charge in [-0.15, -0.1) is 6.58 Å². The third kappa shape index (κ3) is 1.73. The van der Waals surface area contributed by atoms with Gasteiger partial charge in [0.1, 0.15) is 11.3 Å². The van der Waals surface area contributed by atoms with Crippen LogP contribution in [0.2, 0.25) is 0 Å². The molecule has 3 nitrogen and oxygen atoms in total. The average Bonchev–Trinajstić information content (AvgIpc) is 2.56. The summed E-state index contributed by atoms with van der Waals surface area (Å²) in [6, 6.07) is 3.85. The topological polar surface area (TPSA) is 35.3 Å². The molecular weight excluding hydrogens is 190 g/mol. The highest BCUT2D eigenvalue weighted by atomic mass is 16.5. The molecule has 0 spiro atoms. The number of fused-ring (bicyclic) bond motifs is 1. The molecule has 78 valence electrons. The van der Waals surface area contributed by atoms with Crippen molar-refractivity contribution < 1.29 is 9.15 Å². The SMILES string of the molecule is C=CCc1cc2nc(C)oc2cc1OC. The van der Waals surface area contributed by atoms with Crippen LogP contribution in [0.25, 0.3) is 11.1 Å². The van der Waals surface area contributed by atoms with E-state index in [2.05, 4.69) is 11.6 Å². The number of methoxy groups -OCH3 is 1. The van der Waals surface area contributed by atoms with Crippen LogP contribution in [0.3, 0.4) is 0 Å². The van der Waals surface area contributed by atoms with E-state index < -0.39 is 0 Å². The fourth-order valence-electron chi connectivity index (χ4n) is 1.62. The first-order chi connectivity index (χ1) is 7.24. The van der Waals surface area contributed by atoms with Crippen molar-refractivity contribution in [2.75, 3.05) is 7.11 Å². The summed E-state index contributed by atoms with van der Waals surface area (Å²) < 4.78 is 10.7. The minimum atomic E-state index is 0.669. The van der Waals surface area contributed by atoms with Gasteiger partial charge in [-0.25, -0.2) is 4.98 Å². The van der Waals surface area contributed by atoms with Crippen LogP contribution >= 0.6 is 0 Å². The molecule has 0 atom stereocenters. The second kappa shape index (κ2) is 3.77. The zero-order valence-electron chi connectivity index (χ0n) is 8.91. The van der Waals surface area contributed by atoms with Crippen LogP contribution < -0.4 is 4.74 Å². The fraction of sp³-hybridized carbons (Fsp3) is 0.250. The summed E-state index contributed by atoms with van der Waals surface area (Å²) in [6.07, 6.45) is 2.61. The molecule has 1 aromatic carbocycles. The molecular formula is C12H13NO2. The van der Waals surface area contributed by atoms with Crippen molar-refractivity contribution in [3.05, 3.63) is 36.2 Å². The molecule has 2 aromatic rings. The van der Waals surface area contributed by atoms with Crippen molar-refractivity contribution in [1.29, 1.82) is 0 Å². The lowest BCUT2D eigenvalue weighted by Crippen LogP contribution is -1.90. The number of nitrogens with zero attached hydrogens (tertiary/aromatic N) is 1. The number of aromatic nitrogens is 1. The van der Waals surface area contributed by atoms with Crippen LogP contribution in [0.1, 0.15) is 11.5 Å².